The number of ether oxygens (including phenoxy) is 1. The van der Waals surface area contributed by atoms with Crippen LogP contribution < -0.4 is 4.74 Å². The third-order valence-corrected chi connectivity index (χ3v) is 3.86. The van der Waals surface area contributed by atoms with Crippen molar-refractivity contribution in [3.63, 3.8) is 0 Å². The van der Waals surface area contributed by atoms with Gasteiger partial charge >= 0.3 is 0 Å². The van der Waals surface area contributed by atoms with Gasteiger partial charge in [0.05, 0.1) is 12.2 Å². The minimum absolute atomic E-state index is 0.278. The maximum Gasteiger partial charge on any atom is 0.221 e. The fourth-order valence-electron chi connectivity index (χ4n) is 2.51. The van der Waals surface area contributed by atoms with Crippen molar-refractivity contribution in [2.75, 3.05) is 6.61 Å². The summed E-state index contributed by atoms with van der Waals surface area (Å²) in [5, 5.41) is 0.513. The molecule has 0 amide bonds. The van der Waals surface area contributed by atoms with Crippen molar-refractivity contribution in [3.8, 4) is 5.88 Å². The molecule has 1 fully saturated rings. The van der Waals surface area contributed by atoms with Crippen molar-refractivity contribution in [1.29, 1.82) is 0 Å². The highest BCUT2D eigenvalue weighted by atomic mass is 35.5. The van der Waals surface area contributed by atoms with Crippen molar-refractivity contribution < 1.29 is 4.74 Å². The van der Waals surface area contributed by atoms with Gasteiger partial charge in [-0.15, -0.1) is 0 Å². The van der Waals surface area contributed by atoms with Crippen molar-refractivity contribution >= 4 is 11.6 Å². The van der Waals surface area contributed by atoms with Gasteiger partial charge in [-0.1, -0.05) is 44.7 Å². The van der Waals surface area contributed by atoms with E-state index in [0.29, 0.717) is 17.0 Å². The molecule has 1 aromatic heterocycles. The Labute approximate surface area is 114 Å². The van der Waals surface area contributed by atoms with Crippen LogP contribution in [0.15, 0.2) is 6.33 Å². The van der Waals surface area contributed by atoms with Crippen LogP contribution >= 0.6 is 11.6 Å². The Bertz CT molecular complexity index is 389. The van der Waals surface area contributed by atoms with Gasteiger partial charge in [-0.05, 0) is 24.7 Å². The van der Waals surface area contributed by atoms with E-state index >= 15 is 0 Å². The molecule has 0 spiro atoms. The fraction of sp³-hybridized carbons (Fsp3) is 0.714. The number of nitrogens with zero attached hydrogens (tertiary/aromatic N) is 2. The standard InChI is InChI=1S/C14H21ClN2O/c1-10(2)12-13(15)16-9-17-14(12)18-8-11-6-4-3-5-7-11/h9-11H,3-8H2,1-2H3. The largest absolute Gasteiger partial charge is 0.477 e. The zero-order chi connectivity index (χ0) is 13.0. The molecule has 1 heterocycles. The summed E-state index contributed by atoms with van der Waals surface area (Å²) in [4.78, 5) is 8.26. The van der Waals surface area contributed by atoms with Crippen LogP contribution in [0.3, 0.4) is 0 Å². The molecule has 1 aliphatic rings. The van der Waals surface area contributed by atoms with Crippen LogP contribution in [0.4, 0.5) is 0 Å². The lowest BCUT2D eigenvalue weighted by molar-refractivity contribution is 0.200. The highest BCUT2D eigenvalue weighted by Gasteiger charge is 2.18. The SMILES string of the molecule is CC(C)c1c(Cl)ncnc1OCC1CCCCC1. The molecule has 0 saturated heterocycles. The third kappa shape index (κ3) is 3.35. The lowest BCUT2D eigenvalue weighted by Gasteiger charge is -2.22. The van der Waals surface area contributed by atoms with Crippen molar-refractivity contribution in [3.05, 3.63) is 17.0 Å². The molecule has 0 N–H and O–H groups in total. The molecule has 1 aromatic rings. The topological polar surface area (TPSA) is 35.0 Å². The Hall–Kier alpha value is -0.830. The predicted octanol–water partition coefficient (Wildman–Crippen LogP) is 4.21. The van der Waals surface area contributed by atoms with Gasteiger partial charge in [-0.2, -0.15) is 0 Å². The average Bonchev–Trinajstić information content (AvgIpc) is 2.37. The molecule has 0 radical (unpaired) electrons. The molecular weight excluding hydrogens is 248 g/mol. The second kappa shape index (κ2) is 6.37. The zero-order valence-electron chi connectivity index (χ0n) is 11.2. The first kappa shape index (κ1) is 13.6. The molecule has 100 valence electrons. The quantitative estimate of drug-likeness (QED) is 0.767. The van der Waals surface area contributed by atoms with Crippen LogP contribution in [0.25, 0.3) is 0 Å². The number of rotatable bonds is 4. The molecule has 1 aliphatic carbocycles. The molecule has 4 heteroatoms. The van der Waals surface area contributed by atoms with Gasteiger partial charge in [-0.25, -0.2) is 9.97 Å². The molecule has 0 unspecified atom stereocenters. The Morgan fingerprint density at radius 1 is 1.28 bits per heavy atom. The lowest BCUT2D eigenvalue weighted by atomic mass is 9.90. The number of aromatic nitrogens is 2. The van der Waals surface area contributed by atoms with Crippen LogP contribution in [-0.4, -0.2) is 16.6 Å². The summed E-state index contributed by atoms with van der Waals surface area (Å²) in [6.07, 6.45) is 8.05. The summed E-state index contributed by atoms with van der Waals surface area (Å²) in [5.74, 6) is 1.61. The molecule has 18 heavy (non-hydrogen) atoms. The summed E-state index contributed by atoms with van der Waals surface area (Å²) < 4.78 is 5.88. The van der Waals surface area contributed by atoms with Crippen LogP contribution in [0, 0.1) is 5.92 Å². The Kier molecular flexibility index (Phi) is 4.81. The van der Waals surface area contributed by atoms with E-state index < -0.39 is 0 Å². The van der Waals surface area contributed by atoms with Gasteiger partial charge in [0, 0.05) is 0 Å². The fourth-order valence-corrected chi connectivity index (χ4v) is 2.85. The zero-order valence-corrected chi connectivity index (χ0v) is 11.9. The van der Waals surface area contributed by atoms with E-state index in [1.54, 1.807) is 0 Å². The lowest BCUT2D eigenvalue weighted by Crippen LogP contribution is -2.16. The predicted molar refractivity (Wildman–Crippen MR) is 73.2 cm³/mol. The first-order valence-corrected chi connectivity index (χ1v) is 7.19. The van der Waals surface area contributed by atoms with Crippen LogP contribution in [0.2, 0.25) is 5.15 Å². The van der Waals surface area contributed by atoms with E-state index in [2.05, 4.69) is 23.8 Å². The Morgan fingerprint density at radius 2 is 2.00 bits per heavy atom. The summed E-state index contributed by atoms with van der Waals surface area (Å²) in [5.41, 5.74) is 0.926. The van der Waals surface area contributed by atoms with Gasteiger partial charge in [0.1, 0.15) is 11.5 Å². The van der Waals surface area contributed by atoms with E-state index in [1.165, 1.54) is 38.4 Å². The van der Waals surface area contributed by atoms with E-state index in [0.717, 1.165) is 12.2 Å². The van der Waals surface area contributed by atoms with Crippen LogP contribution in [0.5, 0.6) is 5.88 Å². The number of hydrogen-bond acceptors (Lipinski definition) is 3. The second-order valence-electron chi connectivity index (χ2n) is 5.35. The van der Waals surface area contributed by atoms with E-state index in [9.17, 15) is 0 Å². The first-order chi connectivity index (χ1) is 8.68. The Morgan fingerprint density at radius 3 is 2.67 bits per heavy atom. The molecule has 2 rings (SSSR count). The van der Waals surface area contributed by atoms with Crippen molar-refractivity contribution in [1.82, 2.24) is 9.97 Å². The van der Waals surface area contributed by atoms with Gasteiger partial charge in [0.2, 0.25) is 5.88 Å². The molecular formula is C14H21ClN2O. The molecule has 3 nitrogen and oxygen atoms in total. The molecule has 0 aromatic carbocycles. The molecule has 0 aliphatic heterocycles. The maximum atomic E-state index is 6.11. The van der Waals surface area contributed by atoms with Crippen molar-refractivity contribution in [2.45, 2.75) is 51.9 Å². The summed E-state index contributed by atoms with van der Waals surface area (Å²) in [6, 6.07) is 0. The second-order valence-corrected chi connectivity index (χ2v) is 5.71. The minimum Gasteiger partial charge on any atom is -0.477 e. The van der Waals surface area contributed by atoms with Gasteiger partial charge < -0.3 is 4.74 Å². The summed E-state index contributed by atoms with van der Waals surface area (Å²) in [6.45, 7) is 4.92. The highest BCUT2D eigenvalue weighted by molar-refractivity contribution is 6.30. The minimum atomic E-state index is 0.278. The number of halogens is 1. The van der Waals surface area contributed by atoms with Gasteiger partial charge in [-0.3, -0.25) is 0 Å². The van der Waals surface area contributed by atoms with E-state index in [4.69, 9.17) is 16.3 Å². The van der Waals surface area contributed by atoms with Crippen LogP contribution in [0.1, 0.15) is 57.4 Å². The highest BCUT2D eigenvalue weighted by Crippen LogP contribution is 2.31. The van der Waals surface area contributed by atoms with E-state index in [1.807, 2.05) is 0 Å². The smallest absolute Gasteiger partial charge is 0.221 e. The Balaban J connectivity index is 2.02. The summed E-state index contributed by atoms with van der Waals surface area (Å²) in [7, 11) is 0. The van der Waals surface area contributed by atoms with E-state index in [-0.39, 0.29) is 5.92 Å². The van der Waals surface area contributed by atoms with Gasteiger partial charge in [0.15, 0.2) is 0 Å². The monoisotopic (exact) mass is 268 g/mol. The van der Waals surface area contributed by atoms with Crippen molar-refractivity contribution in [2.24, 2.45) is 5.92 Å². The van der Waals surface area contributed by atoms with Gasteiger partial charge in [0.25, 0.3) is 0 Å². The summed E-state index contributed by atoms with van der Waals surface area (Å²) >= 11 is 6.11. The maximum absolute atomic E-state index is 6.11. The van der Waals surface area contributed by atoms with Crippen LogP contribution in [-0.2, 0) is 0 Å². The molecule has 0 atom stereocenters. The number of hydrogen-bond donors (Lipinski definition) is 0. The molecule has 1 saturated carbocycles. The normalized spacial score (nSPS) is 17.1. The first-order valence-electron chi connectivity index (χ1n) is 6.81. The average molecular weight is 269 g/mol. The third-order valence-electron chi connectivity index (χ3n) is 3.56. The molecule has 0 bridgehead atoms.